The van der Waals surface area contributed by atoms with E-state index in [-0.39, 0.29) is 5.75 Å². The molecule has 0 saturated carbocycles. The van der Waals surface area contributed by atoms with Gasteiger partial charge >= 0.3 is 0 Å². The molecular formula is C17H14FNO2. The summed E-state index contributed by atoms with van der Waals surface area (Å²) in [6, 6.07) is 13.6. The maximum Gasteiger partial charge on any atom is 0.168 e. The summed E-state index contributed by atoms with van der Waals surface area (Å²) in [5, 5.41) is 10.7. The Bertz CT molecular complexity index is 787. The average Bonchev–Trinajstić information content (AvgIpc) is 2.49. The summed E-state index contributed by atoms with van der Waals surface area (Å²) in [4.78, 5) is 4.24. The van der Waals surface area contributed by atoms with E-state index in [2.05, 4.69) is 4.98 Å². The first-order valence-electron chi connectivity index (χ1n) is 6.64. The summed E-state index contributed by atoms with van der Waals surface area (Å²) in [7, 11) is 0. The number of aliphatic hydroxyl groups excluding tert-OH is 1. The Labute approximate surface area is 121 Å². The van der Waals surface area contributed by atoms with Crippen molar-refractivity contribution in [2.75, 3.05) is 0 Å². The van der Waals surface area contributed by atoms with Crippen LogP contribution in [-0.2, 0) is 0 Å². The van der Waals surface area contributed by atoms with Crippen molar-refractivity contribution in [1.82, 2.24) is 4.98 Å². The Morgan fingerprint density at radius 1 is 1.14 bits per heavy atom. The lowest BCUT2D eigenvalue weighted by Crippen LogP contribution is -1.98. The second kappa shape index (κ2) is 5.50. The van der Waals surface area contributed by atoms with E-state index in [0.717, 1.165) is 10.9 Å². The Kier molecular flexibility index (Phi) is 3.54. The molecule has 3 rings (SSSR count). The van der Waals surface area contributed by atoms with Crippen LogP contribution < -0.4 is 4.74 Å². The van der Waals surface area contributed by atoms with Crippen LogP contribution in [0.1, 0.15) is 18.6 Å². The minimum Gasteiger partial charge on any atom is -0.454 e. The molecule has 0 bridgehead atoms. The highest BCUT2D eigenvalue weighted by atomic mass is 19.1. The van der Waals surface area contributed by atoms with Crippen molar-refractivity contribution in [3.8, 4) is 11.5 Å². The fourth-order valence-electron chi connectivity index (χ4n) is 2.19. The lowest BCUT2D eigenvalue weighted by atomic mass is 10.1. The van der Waals surface area contributed by atoms with Crippen LogP contribution in [-0.4, -0.2) is 10.1 Å². The Balaban J connectivity index is 2.02. The summed E-state index contributed by atoms with van der Waals surface area (Å²) < 4.78 is 19.6. The molecule has 21 heavy (non-hydrogen) atoms. The molecule has 0 aliphatic heterocycles. The molecule has 0 fully saturated rings. The highest BCUT2D eigenvalue weighted by molar-refractivity contribution is 5.79. The summed E-state index contributed by atoms with van der Waals surface area (Å²) in [6.07, 6.45) is 0.880. The molecule has 0 spiro atoms. The lowest BCUT2D eigenvalue weighted by Gasteiger charge is -2.14. The van der Waals surface area contributed by atoms with Gasteiger partial charge in [-0.2, -0.15) is 0 Å². The predicted molar refractivity (Wildman–Crippen MR) is 78.9 cm³/mol. The normalized spacial score (nSPS) is 12.3. The topological polar surface area (TPSA) is 42.4 Å². The minimum atomic E-state index is -0.811. The van der Waals surface area contributed by atoms with Crippen molar-refractivity contribution >= 4 is 10.9 Å². The largest absolute Gasteiger partial charge is 0.454 e. The fraction of sp³-hybridized carbons (Fsp3) is 0.118. The number of para-hydroxylation sites is 1. The van der Waals surface area contributed by atoms with Crippen molar-refractivity contribution in [3.05, 3.63) is 66.1 Å². The van der Waals surface area contributed by atoms with Gasteiger partial charge in [-0.3, -0.25) is 4.98 Å². The third-order valence-corrected chi connectivity index (χ3v) is 3.24. The molecule has 4 heteroatoms. The van der Waals surface area contributed by atoms with Crippen molar-refractivity contribution in [2.24, 2.45) is 0 Å². The highest BCUT2D eigenvalue weighted by Crippen LogP contribution is 2.33. The molecule has 2 aromatic carbocycles. The van der Waals surface area contributed by atoms with Gasteiger partial charge in [-0.1, -0.05) is 18.2 Å². The van der Waals surface area contributed by atoms with Crippen molar-refractivity contribution in [3.63, 3.8) is 0 Å². The number of rotatable bonds is 3. The van der Waals surface area contributed by atoms with E-state index in [0.29, 0.717) is 11.3 Å². The van der Waals surface area contributed by atoms with Gasteiger partial charge in [0.25, 0.3) is 0 Å². The van der Waals surface area contributed by atoms with Crippen LogP contribution in [0.25, 0.3) is 10.9 Å². The lowest BCUT2D eigenvalue weighted by molar-refractivity contribution is 0.194. The molecule has 0 aliphatic carbocycles. The Morgan fingerprint density at radius 2 is 2.00 bits per heavy atom. The van der Waals surface area contributed by atoms with E-state index >= 15 is 0 Å². The number of ether oxygens (including phenoxy) is 1. The molecule has 1 aromatic heterocycles. The first kappa shape index (κ1) is 13.5. The molecule has 3 nitrogen and oxygen atoms in total. The fourth-order valence-corrected chi connectivity index (χ4v) is 2.19. The number of hydrogen-bond acceptors (Lipinski definition) is 3. The maximum atomic E-state index is 14.0. The zero-order valence-corrected chi connectivity index (χ0v) is 11.5. The van der Waals surface area contributed by atoms with E-state index in [1.165, 1.54) is 6.07 Å². The van der Waals surface area contributed by atoms with E-state index in [4.69, 9.17) is 4.74 Å². The third-order valence-electron chi connectivity index (χ3n) is 3.24. The van der Waals surface area contributed by atoms with Gasteiger partial charge in [0.1, 0.15) is 5.75 Å². The van der Waals surface area contributed by atoms with Crippen molar-refractivity contribution in [1.29, 1.82) is 0 Å². The van der Waals surface area contributed by atoms with Gasteiger partial charge in [-0.25, -0.2) is 4.39 Å². The number of pyridine rings is 1. The quantitative estimate of drug-likeness (QED) is 0.782. The summed E-state index contributed by atoms with van der Waals surface area (Å²) in [5.41, 5.74) is 1.18. The predicted octanol–water partition coefficient (Wildman–Crippen LogP) is 4.22. The molecule has 0 aliphatic rings. The van der Waals surface area contributed by atoms with E-state index in [9.17, 15) is 9.50 Å². The Hall–Kier alpha value is -2.46. The number of hydrogen-bond donors (Lipinski definition) is 1. The number of aromatic nitrogens is 1. The molecule has 0 unspecified atom stereocenters. The standard InChI is InChI=1S/C17H14FNO2/c1-11(20)14-5-2-6-15(18)17(14)21-13-8-7-12-4-3-9-19-16(12)10-13/h2-11,20H,1H3/t11-/m1/s1. The monoisotopic (exact) mass is 283 g/mol. The summed E-state index contributed by atoms with van der Waals surface area (Å²) >= 11 is 0. The molecule has 0 radical (unpaired) electrons. The van der Waals surface area contributed by atoms with Gasteiger partial charge in [0.2, 0.25) is 0 Å². The zero-order chi connectivity index (χ0) is 14.8. The molecule has 1 heterocycles. The molecular weight excluding hydrogens is 269 g/mol. The van der Waals surface area contributed by atoms with E-state index < -0.39 is 11.9 Å². The summed E-state index contributed by atoms with van der Waals surface area (Å²) in [6.45, 7) is 1.57. The molecule has 0 saturated heterocycles. The van der Waals surface area contributed by atoms with Crippen LogP contribution >= 0.6 is 0 Å². The number of nitrogens with zero attached hydrogens (tertiary/aromatic N) is 1. The van der Waals surface area contributed by atoms with Crippen LogP contribution in [0.15, 0.2) is 54.7 Å². The van der Waals surface area contributed by atoms with Gasteiger partial charge in [-0.15, -0.1) is 0 Å². The smallest absolute Gasteiger partial charge is 0.168 e. The van der Waals surface area contributed by atoms with Crippen LogP contribution in [0.5, 0.6) is 11.5 Å². The number of fused-ring (bicyclic) bond motifs is 1. The van der Waals surface area contributed by atoms with E-state index in [1.807, 2.05) is 18.2 Å². The Morgan fingerprint density at radius 3 is 2.81 bits per heavy atom. The first-order valence-corrected chi connectivity index (χ1v) is 6.64. The molecule has 106 valence electrons. The maximum absolute atomic E-state index is 14.0. The van der Waals surface area contributed by atoms with Crippen LogP contribution in [0.4, 0.5) is 4.39 Å². The molecule has 1 atom stereocenters. The van der Waals surface area contributed by atoms with Gasteiger partial charge in [0.05, 0.1) is 11.6 Å². The van der Waals surface area contributed by atoms with Crippen LogP contribution in [0.3, 0.4) is 0 Å². The van der Waals surface area contributed by atoms with Gasteiger partial charge in [0, 0.05) is 23.2 Å². The number of aliphatic hydroxyl groups is 1. The van der Waals surface area contributed by atoms with Crippen LogP contribution in [0, 0.1) is 5.82 Å². The van der Waals surface area contributed by atoms with Crippen molar-refractivity contribution < 1.29 is 14.2 Å². The number of halogens is 1. The molecule has 0 amide bonds. The average molecular weight is 283 g/mol. The minimum absolute atomic E-state index is 0.0442. The van der Waals surface area contributed by atoms with Crippen LogP contribution in [0.2, 0.25) is 0 Å². The second-order valence-electron chi connectivity index (χ2n) is 4.79. The SMILES string of the molecule is C[C@@H](O)c1cccc(F)c1Oc1ccc2cccnc2c1. The highest BCUT2D eigenvalue weighted by Gasteiger charge is 2.14. The van der Waals surface area contributed by atoms with E-state index in [1.54, 1.807) is 37.4 Å². The second-order valence-corrected chi connectivity index (χ2v) is 4.79. The van der Waals surface area contributed by atoms with Gasteiger partial charge in [0.15, 0.2) is 11.6 Å². The third kappa shape index (κ3) is 2.71. The van der Waals surface area contributed by atoms with Gasteiger partial charge in [-0.05, 0) is 31.2 Å². The zero-order valence-electron chi connectivity index (χ0n) is 11.5. The molecule has 3 aromatic rings. The van der Waals surface area contributed by atoms with Crippen molar-refractivity contribution in [2.45, 2.75) is 13.0 Å². The van der Waals surface area contributed by atoms with Gasteiger partial charge < -0.3 is 9.84 Å². The number of benzene rings is 2. The molecule has 1 N–H and O–H groups in total. The summed E-state index contributed by atoms with van der Waals surface area (Å²) in [5.74, 6) is 0.0190. The first-order chi connectivity index (χ1) is 10.1.